The number of amides is 2. The highest BCUT2D eigenvalue weighted by atomic mass is 35.5. The van der Waals surface area contributed by atoms with Crippen molar-refractivity contribution < 1.29 is 31.2 Å². The van der Waals surface area contributed by atoms with Gasteiger partial charge in [-0.15, -0.1) is 0 Å². The second-order valence-corrected chi connectivity index (χ2v) is 11.8. The third kappa shape index (κ3) is 8.14. The number of halogens is 6. The molecular weight excluding hydrogens is 590 g/mol. The Bertz CT molecular complexity index is 1270. The number of hydrogen-bond acceptors (Lipinski definition) is 4. The zero-order chi connectivity index (χ0) is 29.0. The van der Waals surface area contributed by atoms with Crippen molar-refractivity contribution in [2.45, 2.75) is 52.0 Å². The summed E-state index contributed by atoms with van der Waals surface area (Å²) in [5, 5.41) is 2.53. The molecule has 2 aromatic rings. The summed E-state index contributed by atoms with van der Waals surface area (Å²) in [6, 6.07) is 5.82. The first kappa shape index (κ1) is 32.0. The number of alkyl halides is 3. The summed E-state index contributed by atoms with van der Waals surface area (Å²) in [6.45, 7) is 3.90. The Kier molecular flexibility index (Phi) is 10.7. The van der Waals surface area contributed by atoms with Crippen LogP contribution in [0.25, 0.3) is 0 Å². The van der Waals surface area contributed by atoms with Crippen molar-refractivity contribution in [3.8, 4) is 0 Å². The third-order valence-electron chi connectivity index (χ3n) is 5.78. The van der Waals surface area contributed by atoms with Gasteiger partial charge in [0.2, 0.25) is 21.8 Å². The van der Waals surface area contributed by atoms with E-state index >= 15 is 0 Å². The van der Waals surface area contributed by atoms with Crippen LogP contribution in [-0.2, 0) is 32.3 Å². The lowest BCUT2D eigenvalue weighted by atomic mass is 10.1. The first-order valence-electron chi connectivity index (χ1n) is 11.3. The summed E-state index contributed by atoms with van der Waals surface area (Å²) in [7, 11) is -4.26. The van der Waals surface area contributed by atoms with Crippen LogP contribution in [0.15, 0.2) is 36.4 Å². The van der Waals surface area contributed by atoms with Gasteiger partial charge in [-0.3, -0.25) is 13.9 Å². The minimum atomic E-state index is -4.87. The van der Waals surface area contributed by atoms with E-state index in [4.69, 9.17) is 34.8 Å². The van der Waals surface area contributed by atoms with Crippen molar-refractivity contribution in [1.29, 1.82) is 0 Å². The summed E-state index contributed by atoms with van der Waals surface area (Å²) in [4.78, 5) is 27.5. The summed E-state index contributed by atoms with van der Waals surface area (Å²) in [5.74, 6) is -1.39. The van der Waals surface area contributed by atoms with Crippen molar-refractivity contribution in [2.24, 2.45) is 0 Å². The predicted octanol–water partition coefficient (Wildman–Crippen LogP) is 5.76. The molecule has 2 unspecified atom stereocenters. The van der Waals surface area contributed by atoms with Gasteiger partial charge in [-0.1, -0.05) is 47.8 Å². The minimum absolute atomic E-state index is 0.206. The van der Waals surface area contributed by atoms with Crippen LogP contribution in [0.1, 0.15) is 38.3 Å². The molecule has 38 heavy (non-hydrogen) atoms. The molecule has 0 aliphatic heterocycles. The molecular formula is C24H27Cl3F3N3O4S. The van der Waals surface area contributed by atoms with Crippen molar-refractivity contribution in [2.75, 3.05) is 17.1 Å². The molecule has 2 aromatic carbocycles. The average Bonchev–Trinajstić information content (AvgIpc) is 2.80. The lowest BCUT2D eigenvalue weighted by molar-refractivity contribution is -0.139. The number of carbonyl (C=O) groups excluding carboxylic acids is 2. The molecule has 0 saturated carbocycles. The van der Waals surface area contributed by atoms with Crippen LogP contribution in [0.3, 0.4) is 0 Å². The van der Waals surface area contributed by atoms with E-state index in [1.54, 1.807) is 13.0 Å². The summed E-state index contributed by atoms with van der Waals surface area (Å²) >= 11 is 18.2. The van der Waals surface area contributed by atoms with E-state index in [1.165, 1.54) is 19.1 Å². The van der Waals surface area contributed by atoms with E-state index < -0.39 is 56.9 Å². The maximum absolute atomic E-state index is 13.6. The predicted molar refractivity (Wildman–Crippen MR) is 143 cm³/mol. The molecule has 1 N–H and O–H groups in total. The molecule has 7 nitrogen and oxygen atoms in total. The van der Waals surface area contributed by atoms with Crippen LogP contribution in [-0.4, -0.2) is 50.0 Å². The van der Waals surface area contributed by atoms with Gasteiger partial charge < -0.3 is 10.2 Å². The van der Waals surface area contributed by atoms with E-state index in [2.05, 4.69) is 5.32 Å². The van der Waals surface area contributed by atoms with E-state index in [1.807, 2.05) is 6.92 Å². The first-order valence-corrected chi connectivity index (χ1v) is 14.3. The van der Waals surface area contributed by atoms with Gasteiger partial charge in [-0.25, -0.2) is 8.42 Å². The van der Waals surface area contributed by atoms with Crippen molar-refractivity contribution >= 4 is 62.3 Å². The van der Waals surface area contributed by atoms with Crippen LogP contribution in [0.2, 0.25) is 15.1 Å². The molecule has 14 heteroatoms. The summed E-state index contributed by atoms with van der Waals surface area (Å²) in [6.07, 6.45) is -3.51. The van der Waals surface area contributed by atoms with Gasteiger partial charge in [0, 0.05) is 28.2 Å². The minimum Gasteiger partial charge on any atom is -0.352 e. The molecule has 0 aromatic heterocycles. The molecule has 2 rings (SSSR count). The topological polar surface area (TPSA) is 86.8 Å². The number of carbonyl (C=O) groups is 2. The van der Waals surface area contributed by atoms with Gasteiger partial charge in [0.25, 0.3) is 0 Å². The Morgan fingerprint density at radius 3 is 2.11 bits per heavy atom. The number of sulfonamides is 1. The van der Waals surface area contributed by atoms with Crippen LogP contribution < -0.4 is 9.62 Å². The van der Waals surface area contributed by atoms with Gasteiger partial charge in [0.1, 0.15) is 12.6 Å². The zero-order valence-corrected chi connectivity index (χ0v) is 24.0. The number of rotatable bonds is 10. The molecule has 0 saturated heterocycles. The Hall–Kier alpha value is -2.21. The number of anilines is 1. The molecule has 0 bridgehead atoms. The van der Waals surface area contributed by atoms with Crippen molar-refractivity contribution in [1.82, 2.24) is 10.2 Å². The normalized spacial score (nSPS) is 13.5. The molecule has 0 aliphatic rings. The molecule has 0 radical (unpaired) electrons. The Balaban J connectivity index is 2.53. The molecule has 0 fully saturated rings. The lowest BCUT2D eigenvalue weighted by Crippen LogP contribution is -2.52. The van der Waals surface area contributed by atoms with Gasteiger partial charge >= 0.3 is 6.18 Å². The SMILES string of the molecule is CCC(C)NC(=O)C(C)N(Cc1c(Cl)cccc1Cl)C(=O)CN(c1ccc(Cl)c(C(F)(F)F)c1)S(C)(=O)=O. The molecule has 2 atom stereocenters. The maximum atomic E-state index is 13.6. The van der Waals surface area contributed by atoms with Gasteiger partial charge in [0.05, 0.1) is 22.5 Å². The summed E-state index contributed by atoms with van der Waals surface area (Å²) < 4.78 is 66.0. The standard InChI is InChI=1S/C24H27Cl3F3N3O4S/c1-5-14(2)31-23(35)15(3)32(12-17-19(25)7-6-8-20(17)26)22(34)13-33(38(4,36)37)16-9-10-21(27)18(11-16)24(28,29)30/h6-11,14-15H,5,12-13H2,1-4H3,(H,31,35). The number of nitrogens with zero attached hydrogens (tertiary/aromatic N) is 2. The molecule has 0 heterocycles. The highest BCUT2D eigenvalue weighted by Gasteiger charge is 2.36. The molecule has 2 amide bonds. The van der Waals surface area contributed by atoms with Crippen LogP contribution in [0.5, 0.6) is 0 Å². The van der Waals surface area contributed by atoms with Crippen LogP contribution in [0, 0.1) is 0 Å². The zero-order valence-electron chi connectivity index (χ0n) is 20.9. The average molecular weight is 617 g/mol. The van der Waals surface area contributed by atoms with Gasteiger partial charge in [-0.2, -0.15) is 13.2 Å². The second-order valence-electron chi connectivity index (χ2n) is 8.65. The Morgan fingerprint density at radius 1 is 1.03 bits per heavy atom. The van der Waals surface area contributed by atoms with Gasteiger partial charge in [0.15, 0.2) is 0 Å². The van der Waals surface area contributed by atoms with E-state index in [9.17, 15) is 31.2 Å². The van der Waals surface area contributed by atoms with Crippen LogP contribution in [0.4, 0.5) is 18.9 Å². The fourth-order valence-electron chi connectivity index (χ4n) is 3.40. The van der Waals surface area contributed by atoms with Crippen molar-refractivity contribution in [3.05, 3.63) is 62.6 Å². The highest BCUT2D eigenvalue weighted by molar-refractivity contribution is 7.92. The largest absolute Gasteiger partial charge is 0.417 e. The van der Waals surface area contributed by atoms with Crippen molar-refractivity contribution in [3.63, 3.8) is 0 Å². The van der Waals surface area contributed by atoms with Gasteiger partial charge in [-0.05, 0) is 50.6 Å². The van der Waals surface area contributed by atoms with Crippen LogP contribution >= 0.6 is 34.8 Å². The Morgan fingerprint density at radius 2 is 1.61 bits per heavy atom. The number of benzene rings is 2. The lowest BCUT2D eigenvalue weighted by Gasteiger charge is -2.32. The number of nitrogens with one attached hydrogen (secondary N) is 1. The molecule has 0 spiro atoms. The quantitative estimate of drug-likeness (QED) is 0.368. The smallest absolute Gasteiger partial charge is 0.352 e. The Labute approximate surface area is 234 Å². The molecule has 210 valence electrons. The fraction of sp³-hybridized carbons (Fsp3) is 0.417. The maximum Gasteiger partial charge on any atom is 0.417 e. The van der Waals surface area contributed by atoms with E-state index in [0.29, 0.717) is 22.4 Å². The fourth-order valence-corrected chi connectivity index (χ4v) is 4.98. The molecule has 0 aliphatic carbocycles. The van der Waals surface area contributed by atoms with E-state index in [-0.39, 0.29) is 22.6 Å². The monoisotopic (exact) mass is 615 g/mol. The van der Waals surface area contributed by atoms with E-state index in [0.717, 1.165) is 23.3 Å². The first-order chi connectivity index (χ1) is 17.5. The second kappa shape index (κ2) is 12.8. The summed E-state index contributed by atoms with van der Waals surface area (Å²) in [5.41, 5.74) is -1.38. The highest BCUT2D eigenvalue weighted by Crippen LogP contribution is 2.37. The number of hydrogen-bond donors (Lipinski definition) is 1. The third-order valence-corrected chi connectivity index (χ3v) is 7.96.